The van der Waals surface area contributed by atoms with Crippen molar-refractivity contribution < 1.29 is 5.11 Å². The predicted octanol–water partition coefficient (Wildman–Crippen LogP) is 3.14. The predicted molar refractivity (Wildman–Crippen MR) is 56.6 cm³/mol. The Labute approximate surface area is 81.9 Å². The lowest BCUT2D eigenvalue weighted by Crippen LogP contribution is -2.37. The van der Waals surface area contributed by atoms with Crippen molar-refractivity contribution in [2.75, 3.05) is 0 Å². The molecule has 1 aliphatic carbocycles. The van der Waals surface area contributed by atoms with Crippen molar-refractivity contribution in [1.82, 2.24) is 0 Å². The van der Waals surface area contributed by atoms with Crippen LogP contribution in [0.3, 0.4) is 0 Å². The van der Waals surface area contributed by atoms with E-state index < -0.39 is 0 Å². The summed E-state index contributed by atoms with van der Waals surface area (Å²) in [7, 11) is 0. The third-order valence-electron chi connectivity index (χ3n) is 3.72. The topological polar surface area (TPSA) is 20.2 Å². The van der Waals surface area contributed by atoms with Crippen molar-refractivity contribution in [3.05, 3.63) is 12.7 Å². The van der Waals surface area contributed by atoms with E-state index in [9.17, 15) is 5.11 Å². The molecule has 0 aliphatic heterocycles. The molecular weight excluding hydrogens is 160 g/mol. The van der Waals surface area contributed by atoms with Gasteiger partial charge in [0.25, 0.3) is 0 Å². The molecule has 0 aromatic rings. The first-order chi connectivity index (χ1) is 6.11. The van der Waals surface area contributed by atoms with Gasteiger partial charge in [-0.1, -0.05) is 19.9 Å². The Morgan fingerprint density at radius 1 is 1.38 bits per heavy atom. The highest BCUT2D eigenvalue weighted by atomic mass is 16.3. The summed E-state index contributed by atoms with van der Waals surface area (Å²) in [6.07, 6.45) is 7.36. The lowest BCUT2D eigenvalue weighted by molar-refractivity contribution is -0.0339. The van der Waals surface area contributed by atoms with E-state index in [4.69, 9.17) is 0 Å². The summed E-state index contributed by atoms with van der Waals surface area (Å²) < 4.78 is 0. The summed E-state index contributed by atoms with van der Waals surface area (Å²) in [5, 5.41) is 10.4. The Balaban J connectivity index is 2.47. The normalized spacial score (nSPS) is 39.3. The van der Waals surface area contributed by atoms with Gasteiger partial charge in [-0.3, -0.25) is 0 Å². The zero-order valence-electron chi connectivity index (χ0n) is 8.92. The number of hydrogen-bond donors (Lipinski definition) is 1. The van der Waals surface area contributed by atoms with Crippen LogP contribution in [0.4, 0.5) is 0 Å². The molecule has 1 fully saturated rings. The number of aliphatic hydroxyl groups is 1. The lowest BCUT2D eigenvalue weighted by atomic mass is 9.82. The van der Waals surface area contributed by atoms with Gasteiger partial charge in [0.15, 0.2) is 0 Å². The molecule has 2 atom stereocenters. The summed E-state index contributed by atoms with van der Waals surface area (Å²) in [4.78, 5) is 0. The Morgan fingerprint density at radius 2 is 1.92 bits per heavy atom. The minimum Gasteiger partial charge on any atom is -0.389 e. The van der Waals surface area contributed by atoms with Crippen LogP contribution < -0.4 is 0 Å². The monoisotopic (exact) mass is 182 g/mol. The molecule has 1 aliphatic rings. The fourth-order valence-corrected chi connectivity index (χ4v) is 2.51. The highest BCUT2D eigenvalue weighted by Crippen LogP contribution is 2.43. The highest BCUT2D eigenvalue weighted by Gasteiger charge is 2.43. The fourth-order valence-electron chi connectivity index (χ4n) is 2.51. The van der Waals surface area contributed by atoms with E-state index >= 15 is 0 Å². The molecule has 1 rings (SSSR count). The zero-order valence-corrected chi connectivity index (χ0v) is 8.92. The average molecular weight is 182 g/mol. The van der Waals surface area contributed by atoms with Crippen molar-refractivity contribution in [1.29, 1.82) is 0 Å². The van der Waals surface area contributed by atoms with E-state index in [1.165, 1.54) is 12.8 Å². The minimum absolute atomic E-state index is 0.386. The molecular formula is C12H22O. The van der Waals surface area contributed by atoms with Crippen LogP contribution in [-0.2, 0) is 0 Å². The zero-order chi connectivity index (χ0) is 9.90. The van der Waals surface area contributed by atoms with Crippen LogP contribution in [0, 0.1) is 11.8 Å². The Hall–Kier alpha value is -0.300. The third kappa shape index (κ3) is 2.14. The molecule has 76 valence electrons. The number of hydrogen-bond acceptors (Lipinski definition) is 1. The van der Waals surface area contributed by atoms with Crippen molar-refractivity contribution >= 4 is 0 Å². The van der Waals surface area contributed by atoms with Gasteiger partial charge in [-0.05, 0) is 43.9 Å². The highest BCUT2D eigenvalue weighted by molar-refractivity contribution is 4.94. The van der Waals surface area contributed by atoms with Gasteiger partial charge in [0.2, 0.25) is 0 Å². The van der Waals surface area contributed by atoms with E-state index in [1.54, 1.807) is 0 Å². The van der Waals surface area contributed by atoms with Gasteiger partial charge >= 0.3 is 0 Å². The molecule has 1 nitrogen and oxygen atoms in total. The molecule has 0 spiro atoms. The van der Waals surface area contributed by atoms with E-state index in [1.807, 2.05) is 6.08 Å². The summed E-state index contributed by atoms with van der Waals surface area (Å²) >= 11 is 0. The molecule has 0 aromatic heterocycles. The van der Waals surface area contributed by atoms with E-state index in [2.05, 4.69) is 20.4 Å². The molecule has 0 saturated heterocycles. The summed E-state index contributed by atoms with van der Waals surface area (Å²) in [6, 6.07) is 0. The van der Waals surface area contributed by atoms with Crippen LogP contribution >= 0.6 is 0 Å². The van der Waals surface area contributed by atoms with Gasteiger partial charge in [0.05, 0.1) is 5.60 Å². The molecule has 2 unspecified atom stereocenters. The molecule has 0 heterocycles. The minimum atomic E-state index is -0.386. The van der Waals surface area contributed by atoms with E-state index in [-0.39, 0.29) is 5.60 Å². The summed E-state index contributed by atoms with van der Waals surface area (Å²) in [5.74, 6) is 0.958. The van der Waals surface area contributed by atoms with Gasteiger partial charge in [-0.25, -0.2) is 0 Å². The van der Waals surface area contributed by atoms with Crippen LogP contribution in [0.1, 0.15) is 46.0 Å². The fraction of sp³-hybridized carbons (Fsp3) is 0.833. The van der Waals surface area contributed by atoms with E-state index in [0.29, 0.717) is 11.8 Å². The van der Waals surface area contributed by atoms with Crippen molar-refractivity contribution in [3.8, 4) is 0 Å². The smallest absolute Gasteiger partial charge is 0.0698 e. The summed E-state index contributed by atoms with van der Waals surface area (Å²) in [5.41, 5.74) is -0.386. The quantitative estimate of drug-likeness (QED) is 0.523. The average Bonchev–Trinajstić information content (AvgIpc) is 2.35. The van der Waals surface area contributed by atoms with Gasteiger partial charge in [-0.15, -0.1) is 6.58 Å². The van der Waals surface area contributed by atoms with Gasteiger partial charge in [0, 0.05) is 0 Å². The van der Waals surface area contributed by atoms with Crippen LogP contribution in [-0.4, -0.2) is 10.7 Å². The first kappa shape index (κ1) is 10.8. The lowest BCUT2D eigenvalue weighted by Gasteiger charge is -2.32. The first-order valence-corrected chi connectivity index (χ1v) is 5.44. The maximum Gasteiger partial charge on any atom is 0.0698 e. The van der Waals surface area contributed by atoms with Crippen LogP contribution in [0.25, 0.3) is 0 Å². The van der Waals surface area contributed by atoms with Crippen molar-refractivity contribution in [2.45, 2.75) is 51.6 Å². The number of allylic oxidation sites excluding steroid dienone is 1. The maximum absolute atomic E-state index is 10.4. The standard InChI is InChI=1S/C12H22O/c1-4-5-6-9-12(13)10(2)7-8-11(12)3/h4,10-11,13H,1,5-9H2,2-3H3. The third-order valence-corrected chi connectivity index (χ3v) is 3.72. The van der Waals surface area contributed by atoms with Gasteiger partial charge < -0.3 is 5.11 Å². The largest absolute Gasteiger partial charge is 0.389 e. The molecule has 0 aromatic carbocycles. The van der Waals surface area contributed by atoms with Crippen molar-refractivity contribution in [2.24, 2.45) is 11.8 Å². The second-order valence-corrected chi connectivity index (χ2v) is 4.55. The van der Waals surface area contributed by atoms with E-state index in [0.717, 1.165) is 19.3 Å². The molecule has 1 N–H and O–H groups in total. The molecule has 13 heavy (non-hydrogen) atoms. The maximum atomic E-state index is 10.4. The van der Waals surface area contributed by atoms with Crippen LogP contribution in [0.2, 0.25) is 0 Å². The van der Waals surface area contributed by atoms with Crippen LogP contribution in [0.15, 0.2) is 12.7 Å². The Kier molecular flexibility index (Phi) is 3.55. The molecule has 0 bridgehead atoms. The summed E-state index contributed by atoms with van der Waals surface area (Å²) in [6.45, 7) is 8.06. The Morgan fingerprint density at radius 3 is 2.38 bits per heavy atom. The number of unbranched alkanes of at least 4 members (excludes halogenated alkanes) is 1. The Bertz CT molecular complexity index is 164. The molecule has 1 saturated carbocycles. The number of rotatable bonds is 4. The van der Waals surface area contributed by atoms with Crippen LogP contribution in [0.5, 0.6) is 0 Å². The van der Waals surface area contributed by atoms with Crippen molar-refractivity contribution in [3.63, 3.8) is 0 Å². The second-order valence-electron chi connectivity index (χ2n) is 4.55. The SMILES string of the molecule is C=CCCCC1(O)C(C)CCC1C. The molecule has 1 heteroatoms. The van der Waals surface area contributed by atoms with Gasteiger partial charge in [-0.2, -0.15) is 0 Å². The molecule has 0 amide bonds. The second kappa shape index (κ2) is 4.28. The first-order valence-electron chi connectivity index (χ1n) is 5.44. The van der Waals surface area contributed by atoms with Gasteiger partial charge in [0.1, 0.15) is 0 Å². The molecule has 0 radical (unpaired) electrons.